The maximum atomic E-state index is 13.0. The highest BCUT2D eigenvalue weighted by Gasteiger charge is 2.34. The van der Waals surface area contributed by atoms with E-state index in [1.807, 2.05) is 35.2 Å². The third kappa shape index (κ3) is 4.97. The van der Waals surface area contributed by atoms with Gasteiger partial charge in [0.15, 0.2) is 0 Å². The molecule has 2 aromatic rings. The van der Waals surface area contributed by atoms with Crippen molar-refractivity contribution in [2.45, 2.75) is 17.1 Å². The largest absolute Gasteiger partial charge is 0.417 e. The molecule has 1 atom stereocenters. The van der Waals surface area contributed by atoms with Crippen LogP contribution in [0.3, 0.4) is 0 Å². The Balaban J connectivity index is 2.26. The van der Waals surface area contributed by atoms with Crippen molar-refractivity contribution in [1.82, 2.24) is 9.62 Å². The lowest BCUT2D eigenvalue weighted by Crippen LogP contribution is -2.34. The molecule has 0 aliphatic heterocycles. The summed E-state index contributed by atoms with van der Waals surface area (Å²) in [6.45, 7) is 0.00330. The SMILES string of the molecule is CN(C)[C@H](CNS(=O)(=O)c1ccc(Cl)c(C(F)(F)F)c1)c1ccccc1. The van der Waals surface area contributed by atoms with E-state index in [2.05, 4.69) is 4.72 Å². The molecule has 0 aliphatic rings. The Hall–Kier alpha value is -1.61. The van der Waals surface area contributed by atoms with Crippen LogP contribution in [0.1, 0.15) is 17.2 Å². The second-order valence-corrected chi connectivity index (χ2v) is 8.06. The molecule has 0 aromatic heterocycles. The number of halogens is 4. The monoisotopic (exact) mass is 406 g/mol. The molecule has 0 saturated carbocycles. The lowest BCUT2D eigenvalue weighted by Gasteiger charge is -2.25. The van der Waals surface area contributed by atoms with Crippen LogP contribution in [0.25, 0.3) is 0 Å². The third-order valence-electron chi connectivity index (χ3n) is 3.83. The molecule has 0 spiro atoms. The van der Waals surface area contributed by atoms with Gasteiger partial charge in [-0.2, -0.15) is 13.2 Å². The van der Waals surface area contributed by atoms with Gasteiger partial charge >= 0.3 is 6.18 Å². The van der Waals surface area contributed by atoms with Crippen LogP contribution >= 0.6 is 11.6 Å². The fraction of sp³-hybridized carbons (Fsp3) is 0.294. The van der Waals surface area contributed by atoms with E-state index in [0.29, 0.717) is 6.07 Å². The Morgan fingerprint density at radius 1 is 1.12 bits per heavy atom. The predicted molar refractivity (Wildman–Crippen MR) is 94.5 cm³/mol. The average molecular weight is 407 g/mol. The summed E-state index contributed by atoms with van der Waals surface area (Å²) in [5.41, 5.74) is -0.304. The van der Waals surface area contributed by atoms with Gasteiger partial charge in [0.05, 0.1) is 15.5 Å². The highest BCUT2D eigenvalue weighted by Crippen LogP contribution is 2.35. The molecule has 9 heteroatoms. The zero-order chi connectivity index (χ0) is 19.5. The van der Waals surface area contributed by atoms with E-state index in [4.69, 9.17) is 11.6 Å². The average Bonchev–Trinajstić information content (AvgIpc) is 2.54. The van der Waals surface area contributed by atoms with Crippen molar-refractivity contribution in [2.75, 3.05) is 20.6 Å². The van der Waals surface area contributed by atoms with E-state index >= 15 is 0 Å². The quantitative estimate of drug-likeness (QED) is 0.790. The number of nitrogens with one attached hydrogen (secondary N) is 1. The number of benzene rings is 2. The van der Waals surface area contributed by atoms with Crippen molar-refractivity contribution < 1.29 is 21.6 Å². The van der Waals surface area contributed by atoms with Crippen LogP contribution in [0.2, 0.25) is 5.02 Å². The first kappa shape index (κ1) is 20.7. The molecule has 0 heterocycles. The molecule has 0 unspecified atom stereocenters. The summed E-state index contributed by atoms with van der Waals surface area (Å²) in [7, 11) is -0.556. The maximum Gasteiger partial charge on any atom is 0.417 e. The van der Waals surface area contributed by atoms with Crippen molar-refractivity contribution in [3.05, 3.63) is 64.7 Å². The Kier molecular flexibility index (Phi) is 6.33. The Labute approximate surface area is 155 Å². The number of nitrogens with zero attached hydrogens (tertiary/aromatic N) is 1. The molecular weight excluding hydrogens is 389 g/mol. The standard InChI is InChI=1S/C17H18ClF3N2O2S/c1-23(2)16(12-6-4-3-5-7-12)11-22-26(24,25)13-8-9-15(18)14(10-13)17(19,20)21/h3-10,16,22H,11H2,1-2H3/t16-/m1/s1. The fourth-order valence-electron chi connectivity index (χ4n) is 2.43. The molecule has 2 aromatic carbocycles. The highest BCUT2D eigenvalue weighted by atomic mass is 35.5. The summed E-state index contributed by atoms with van der Waals surface area (Å²) in [6.07, 6.45) is -4.74. The first-order chi connectivity index (χ1) is 12.0. The molecule has 2 rings (SSSR count). The van der Waals surface area contributed by atoms with Crippen LogP contribution in [0, 0.1) is 0 Å². The molecule has 4 nitrogen and oxygen atoms in total. The van der Waals surface area contributed by atoms with Gasteiger partial charge in [-0.3, -0.25) is 0 Å². The number of hydrogen-bond donors (Lipinski definition) is 1. The minimum absolute atomic E-state index is 0.00330. The van der Waals surface area contributed by atoms with Crippen LogP contribution < -0.4 is 4.72 Å². The summed E-state index contributed by atoms with van der Waals surface area (Å²) in [5, 5.41) is -0.549. The minimum Gasteiger partial charge on any atom is -0.301 e. The molecule has 1 N–H and O–H groups in total. The second kappa shape index (κ2) is 7.96. The molecule has 0 amide bonds. The van der Waals surface area contributed by atoms with Gasteiger partial charge in [0.1, 0.15) is 0 Å². The van der Waals surface area contributed by atoms with Gasteiger partial charge in [-0.25, -0.2) is 13.1 Å². The van der Waals surface area contributed by atoms with Crippen molar-refractivity contribution in [3.63, 3.8) is 0 Å². The summed E-state index contributed by atoms with van der Waals surface area (Å²) >= 11 is 5.54. The molecule has 26 heavy (non-hydrogen) atoms. The molecule has 142 valence electrons. The van der Waals surface area contributed by atoms with Crippen molar-refractivity contribution in [1.29, 1.82) is 0 Å². The van der Waals surface area contributed by atoms with Gasteiger partial charge in [0.2, 0.25) is 10.0 Å². The fourth-order valence-corrected chi connectivity index (χ4v) is 3.72. The zero-order valence-electron chi connectivity index (χ0n) is 14.1. The maximum absolute atomic E-state index is 13.0. The number of rotatable bonds is 6. The number of alkyl halides is 3. The molecule has 0 radical (unpaired) electrons. The first-order valence-electron chi connectivity index (χ1n) is 7.60. The number of likely N-dealkylation sites (N-methyl/N-ethyl adjacent to an activating group) is 1. The van der Waals surface area contributed by atoms with E-state index in [9.17, 15) is 21.6 Å². The smallest absolute Gasteiger partial charge is 0.301 e. The molecule has 0 bridgehead atoms. The van der Waals surface area contributed by atoms with Crippen molar-refractivity contribution in [3.8, 4) is 0 Å². The number of hydrogen-bond acceptors (Lipinski definition) is 3. The van der Waals surface area contributed by atoms with Crippen LogP contribution in [0.4, 0.5) is 13.2 Å². The summed E-state index contributed by atoms with van der Waals surface area (Å²) < 4.78 is 66.1. The number of sulfonamides is 1. The normalized spacial score (nSPS) is 13.8. The van der Waals surface area contributed by atoms with E-state index in [0.717, 1.165) is 17.7 Å². The van der Waals surface area contributed by atoms with Gasteiger partial charge in [-0.05, 0) is 37.9 Å². The van der Waals surface area contributed by atoms with Gasteiger partial charge in [-0.15, -0.1) is 0 Å². The van der Waals surface area contributed by atoms with Gasteiger partial charge in [-0.1, -0.05) is 41.9 Å². The summed E-state index contributed by atoms with van der Waals surface area (Å²) in [6, 6.07) is 11.4. The van der Waals surface area contributed by atoms with E-state index in [1.165, 1.54) is 0 Å². The summed E-state index contributed by atoms with van der Waals surface area (Å²) in [4.78, 5) is 1.33. The third-order valence-corrected chi connectivity index (χ3v) is 5.58. The van der Waals surface area contributed by atoms with Gasteiger partial charge in [0.25, 0.3) is 0 Å². The molecule has 0 fully saturated rings. The Morgan fingerprint density at radius 3 is 2.27 bits per heavy atom. The minimum atomic E-state index is -4.74. The van der Waals surface area contributed by atoms with Crippen LogP contribution in [0.15, 0.2) is 53.4 Å². The highest BCUT2D eigenvalue weighted by molar-refractivity contribution is 7.89. The lowest BCUT2D eigenvalue weighted by molar-refractivity contribution is -0.137. The van der Waals surface area contributed by atoms with Crippen LogP contribution in [-0.2, 0) is 16.2 Å². The Bertz CT molecular complexity index is 856. The van der Waals surface area contributed by atoms with E-state index in [-0.39, 0.29) is 12.6 Å². The van der Waals surface area contributed by atoms with Crippen molar-refractivity contribution >= 4 is 21.6 Å². The summed E-state index contributed by atoms with van der Waals surface area (Å²) in [5.74, 6) is 0. The predicted octanol–water partition coefficient (Wildman–Crippen LogP) is 3.94. The lowest BCUT2D eigenvalue weighted by atomic mass is 10.1. The molecular formula is C17H18ClF3N2O2S. The Morgan fingerprint density at radius 2 is 1.73 bits per heavy atom. The zero-order valence-corrected chi connectivity index (χ0v) is 15.7. The van der Waals surface area contributed by atoms with Crippen LogP contribution in [0.5, 0.6) is 0 Å². The molecule has 0 saturated heterocycles. The van der Waals surface area contributed by atoms with Gasteiger partial charge < -0.3 is 4.90 Å². The molecule has 0 aliphatic carbocycles. The second-order valence-electron chi connectivity index (χ2n) is 5.88. The van der Waals surface area contributed by atoms with Crippen molar-refractivity contribution in [2.24, 2.45) is 0 Å². The first-order valence-corrected chi connectivity index (χ1v) is 9.46. The van der Waals surface area contributed by atoms with E-state index < -0.39 is 31.7 Å². The van der Waals surface area contributed by atoms with Gasteiger partial charge in [0, 0.05) is 12.6 Å². The van der Waals surface area contributed by atoms with Crippen LogP contribution in [-0.4, -0.2) is 34.0 Å². The van der Waals surface area contributed by atoms with E-state index in [1.54, 1.807) is 14.1 Å². The topological polar surface area (TPSA) is 49.4 Å².